The van der Waals surface area contributed by atoms with Crippen LogP contribution in [-0.4, -0.2) is 31.8 Å². The van der Waals surface area contributed by atoms with Crippen LogP contribution in [0.25, 0.3) is 0 Å². The zero-order valence-corrected chi connectivity index (χ0v) is 16.8. The summed E-state index contributed by atoms with van der Waals surface area (Å²) in [4.78, 5) is 0. The highest BCUT2D eigenvalue weighted by atomic mass is 32.2. The molecule has 0 saturated carbocycles. The quantitative estimate of drug-likeness (QED) is 0.709. The van der Waals surface area contributed by atoms with Gasteiger partial charge in [-0.1, -0.05) is 42.5 Å². The van der Waals surface area contributed by atoms with Crippen LogP contribution >= 0.6 is 0 Å². The molecule has 0 bridgehead atoms. The van der Waals surface area contributed by atoms with E-state index in [1.54, 1.807) is 6.07 Å². The zero-order valence-electron chi connectivity index (χ0n) is 16.0. The molecule has 2 N–H and O–H groups in total. The van der Waals surface area contributed by atoms with Crippen molar-refractivity contribution >= 4 is 10.1 Å². The summed E-state index contributed by atoms with van der Waals surface area (Å²) in [6.07, 6.45) is -1.24. The number of hydrogen-bond acceptors (Lipinski definition) is 3. The van der Waals surface area contributed by atoms with Crippen molar-refractivity contribution in [3.8, 4) is 0 Å². The minimum Gasteiger partial charge on any atom is -0.313 e. The number of halogens is 3. The summed E-state index contributed by atoms with van der Waals surface area (Å²) in [5, 5.41) is 3.56. The van der Waals surface area contributed by atoms with E-state index in [-0.39, 0.29) is 5.92 Å². The van der Waals surface area contributed by atoms with Gasteiger partial charge in [0.15, 0.2) is 0 Å². The minimum atomic E-state index is -4.26. The van der Waals surface area contributed by atoms with Crippen molar-refractivity contribution in [1.82, 2.24) is 5.32 Å². The third kappa shape index (κ3) is 5.58. The Kier molecular flexibility index (Phi) is 6.36. The van der Waals surface area contributed by atoms with E-state index in [4.69, 9.17) is 4.55 Å². The maximum atomic E-state index is 13.3. The van der Waals surface area contributed by atoms with E-state index < -0.39 is 21.9 Å². The van der Waals surface area contributed by atoms with Crippen molar-refractivity contribution < 1.29 is 26.1 Å². The second-order valence-corrected chi connectivity index (χ2v) is 9.08. The summed E-state index contributed by atoms with van der Waals surface area (Å²) in [6.45, 7) is 0.774. The van der Waals surface area contributed by atoms with Crippen molar-refractivity contribution in [2.75, 3.05) is 12.8 Å². The molecule has 2 aliphatic rings. The van der Waals surface area contributed by atoms with Crippen LogP contribution in [0.1, 0.15) is 34.6 Å². The Morgan fingerprint density at radius 3 is 2.38 bits per heavy atom. The molecule has 4 rings (SSSR count). The molecule has 4 nitrogen and oxygen atoms in total. The van der Waals surface area contributed by atoms with Gasteiger partial charge in [-0.05, 0) is 47.9 Å². The summed E-state index contributed by atoms with van der Waals surface area (Å²) in [5.41, 5.74) is 2.27. The van der Waals surface area contributed by atoms with Crippen LogP contribution in [0.2, 0.25) is 0 Å². The van der Waals surface area contributed by atoms with Gasteiger partial charge in [0, 0.05) is 18.5 Å². The average Bonchev–Trinajstić information content (AvgIpc) is 3.03. The Morgan fingerprint density at radius 2 is 1.76 bits per heavy atom. The molecule has 158 valence electrons. The molecule has 1 fully saturated rings. The molecule has 1 aliphatic heterocycles. The maximum absolute atomic E-state index is 13.3. The van der Waals surface area contributed by atoms with Gasteiger partial charge in [0.1, 0.15) is 0 Å². The van der Waals surface area contributed by atoms with E-state index >= 15 is 0 Å². The summed E-state index contributed by atoms with van der Waals surface area (Å²) < 4.78 is 65.7. The molecule has 0 radical (unpaired) electrons. The number of alkyl halides is 3. The Bertz CT molecular complexity index is 937. The van der Waals surface area contributed by atoms with Crippen LogP contribution in [0.4, 0.5) is 13.2 Å². The summed E-state index contributed by atoms with van der Waals surface area (Å²) in [7, 11) is -3.67. The van der Waals surface area contributed by atoms with Gasteiger partial charge in [-0.15, -0.1) is 0 Å². The SMILES string of the molecule is CS(=O)(=O)O.FC(F)(F)c1cccc2c1CCC1[C@@H](Cc3ccccc3)NC[C@@H]21. The predicted molar refractivity (Wildman–Crippen MR) is 105 cm³/mol. The fraction of sp³-hybridized carbons (Fsp3) is 0.429. The van der Waals surface area contributed by atoms with Crippen LogP contribution in [0.15, 0.2) is 48.5 Å². The van der Waals surface area contributed by atoms with E-state index in [1.807, 2.05) is 24.3 Å². The third-order valence-electron chi connectivity index (χ3n) is 5.58. The van der Waals surface area contributed by atoms with Gasteiger partial charge in [-0.3, -0.25) is 4.55 Å². The lowest BCUT2D eigenvalue weighted by Crippen LogP contribution is -2.31. The van der Waals surface area contributed by atoms with Gasteiger partial charge < -0.3 is 5.32 Å². The molecular formula is C21H24F3NO3S. The Balaban J connectivity index is 0.000000431. The van der Waals surface area contributed by atoms with Crippen molar-refractivity contribution in [3.05, 3.63) is 70.8 Å². The highest BCUT2D eigenvalue weighted by Gasteiger charge is 2.43. The van der Waals surface area contributed by atoms with Crippen LogP contribution < -0.4 is 5.32 Å². The molecule has 2 aromatic carbocycles. The monoisotopic (exact) mass is 427 g/mol. The lowest BCUT2D eigenvalue weighted by atomic mass is 9.72. The first-order valence-corrected chi connectivity index (χ1v) is 11.3. The summed E-state index contributed by atoms with van der Waals surface area (Å²) in [6, 6.07) is 15.3. The largest absolute Gasteiger partial charge is 0.416 e. The molecule has 3 atom stereocenters. The third-order valence-corrected chi connectivity index (χ3v) is 5.58. The highest BCUT2D eigenvalue weighted by molar-refractivity contribution is 7.85. The van der Waals surface area contributed by atoms with Crippen LogP contribution in [0, 0.1) is 5.92 Å². The first kappa shape index (κ1) is 21.8. The maximum Gasteiger partial charge on any atom is 0.416 e. The normalized spacial score (nSPS) is 23.6. The molecule has 1 saturated heterocycles. The number of hydrogen-bond donors (Lipinski definition) is 2. The highest BCUT2D eigenvalue weighted by Crippen LogP contribution is 2.45. The molecule has 8 heteroatoms. The van der Waals surface area contributed by atoms with Gasteiger partial charge in [-0.2, -0.15) is 21.6 Å². The number of nitrogens with one attached hydrogen (secondary N) is 1. The molecule has 1 heterocycles. The Labute approximate surface area is 168 Å². The van der Waals surface area contributed by atoms with E-state index in [9.17, 15) is 21.6 Å². The minimum absolute atomic E-state index is 0.199. The fourth-order valence-corrected chi connectivity index (χ4v) is 4.50. The van der Waals surface area contributed by atoms with Gasteiger partial charge in [0.2, 0.25) is 0 Å². The number of benzene rings is 2. The van der Waals surface area contributed by atoms with E-state index in [0.29, 0.717) is 30.2 Å². The Hall–Kier alpha value is -1.90. The fourth-order valence-electron chi connectivity index (χ4n) is 4.50. The van der Waals surface area contributed by atoms with Crippen molar-refractivity contribution in [3.63, 3.8) is 0 Å². The molecule has 29 heavy (non-hydrogen) atoms. The van der Waals surface area contributed by atoms with Gasteiger partial charge in [0.25, 0.3) is 10.1 Å². The molecular weight excluding hydrogens is 403 g/mol. The van der Waals surface area contributed by atoms with Crippen LogP contribution in [-0.2, 0) is 29.1 Å². The van der Waals surface area contributed by atoms with E-state index in [2.05, 4.69) is 17.4 Å². The molecule has 0 aromatic heterocycles. The van der Waals surface area contributed by atoms with Crippen molar-refractivity contribution in [1.29, 1.82) is 0 Å². The van der Waals surface area contributed by atoms with Gasteiger partial charge in [-0.25, -0.2) is 0 Å². The first-order chi connectivity index (χ1) is 13.5. The van der Waals surface area contributed by atoms with Crippen molar-refractivity contribution in [2.24, 2.45) is 5.92 Å². The second-order valence-electron chi connectivity index (χ2n) is 7.62. The first-order valence-electron chi connectivity index (χ1n) is 9.43. The molecule has 0 amide bonds. The zero-order chi connectivity index (χ0) is 21.2. The average molecular weight is 427 g/mol. The van der Waals surface area contributed by atoms with Crippen LogP contribution in [0.3, 0.4) is 0 Å². The van der Waals surface area contributed by atoms with Crippen LogP contribution in [0.5, 0.6) is 0 Å². The van der Waals surface area contributed by atoms with Gasteiger partial charge >= 0.3 is 6.18 Å². The molecule has 1 unspecified atom stereocenters. The standard InChI is InChI=1S/C20H20F3N.CH4O3S/c21-20(22,23)18-8-4-7-14-15(18)9-10-16-17(14)12-24-19(16)11-13-5-2-1-3-6-13;1-5(2,3)4/h1-8,16-17,19,24H,9-12H2;1H3,(H,2,3,4)/t16?,17-,19+;/m0./s1. The smallest absolute Gasteiger partial charge is 0.313 e. The number of fused-ring (bicyclic) bond motifs is 3. The molecule has 2 aromatic rings. The van der Waals surface area contributed by atoms with Crippen molar-refractivity contribution in [2.45, 2.75) is 37.4 Å². The van der Waals surface area contributed by atoms with Gasteiger partial charge in [0.05, 0.1) is 11.8 Å². The van der Waals surface area contributed by atoms with E-state index in [1.165, 1.54) is 11.6 Å². The molecule has 1 aliphatic carbocycles. The van der Waals surface area contributed by atoms with E-state index in [0.717, 1.165) is 24.9 Å². The second kappa shape index (κ2) is 8.45. The Morgan fingerprint density at radius 1 is 1.10 bits per heavy atom. The lowest BCUT2D eigenvalue weighted by Gasteiger charge is -2.32. The summed E-state index contributed by atoms with van der Waals surface area (Å²) >= 11 is 0. The predicted octanol–water partition coefficient (Wildman–Crippen LogP) is 4.07. The summed E-state index contributed by atoms with van der Waals surface area (Å²) in [5.74, 6) is 0.617. The molecule has 0 spiro atoms. The topological polar surface area (TPSA) is 66.4 Å². The lowest BCUT2D eigenvalue weighted by molar-refractivity contribution is -0.138. The number of rotatable bonds is 2.